The molecule has 2 heterocycles. The molecule has 116 valence electrons. The minimum absolute atomic E-state index is 0.209. The molecule has 0 unspecified atom stereocenters. The Morgan fingerprint density at radius 1 is 1.22 bits per heavy atom. The molecule has 0 aliphatic carbocycles. The summed E-state index contributed by atoms with van der Waals surface area (Å²) in [5, 5.41) is 7.05. The molecule has 0 radical (unpaired) electrons. The van der Waals surface area contributed by atoms with Crippen LogP contribution >= 0.6 is 0 Å². The van der Waals surface area contributed by atoms with Gasteiger partial charge in [0.05, 0.1) is 23.1 Å². The highest BCUT2D eigenvalue weighted by Gasteiger charge is 2.15. The number of aromatic nitrogens is 3. The summed E-state index contributed by atoms with van der Waals surface area (Å²) < 4.78 is 14.6. The second-order valence-electron chi connectivity index (χ2n) is 5.08. The first-order valence-electron chi connectivity index (χ1n) is 7.13. The predicted octanol–water partition coefficient (Wildman–Crippen LogP) is 2.64. The van der Waals surface area contributed by atoms with Gasteiger partial charge in [0.1, 0.15) is 5.82 Å². The Hall–Kier alpha value is -3.02. The largest absolute Gasteiger partial charge is 0.348 e. The van der Waals surface area contributed by atoms with Gasteiger partial charge in [-0.15, -0.1) is 0 Å². The first kappa shape index (κ1) is 14.9. The van der Waals surface area contributed by atoms with E-state index in [1.165, 1.54) is 18.3 Å². The molecule has 1 N–H and O–H groups in total. The molecule has 0 fully saturated rings. The van der Waals surface area contributed by atoms with Crippen molar-refractivity contribution in [1.29, 1.82) is 0 Å². The lowest BCUT2D eigenvalue weighted by atomic mass is 10.2. The zero-order valence-electron chi connectivity index (χ0n) is 12.5. The third-order valence-electron chi connectivity index (χ3n) is 3.50. The summed E-state index contributed by atoms with van der Waals surface area (Å²) in [7, 11) is 0. The Labute approximate surface area is 132 Å². The van der Waals surface area contributed by atoms with Crippen molar-refractivity contribution in [2.75, 3.05) is 0 Å². The first-order valence-corrected chi connectivity index (χ1v) is 7.13. The average molecular weight is 310 g/mol. The molecule has 1 aromatic carbocycles. The molecule has 0 saturated heterocycles. The third kappa shape index (κ3) is 3.26. The van der Waals surface area contributed by atoms with Gasteiger partial charge in [-0.25, -0.2) is 9.07 Å². The van der Waals surface area contributed by atoms with Crippen LogP contribution in [0.1, 0.15) is 21.6 Å². The number of benzene rings is 1. The number of carbonyl (C=O) groups is 1. The van der Waals surface area contributed by atoms with Crippen LogP contribution < -0.4 is 5.32 Å². The van der Waals surface area contributed by atoms with E-state index >= 15 is 0 Å². The van der Waals surface area contributed by atoms with Gasteiger partial charge in [-0.1, -0.05) is 6.07 Å². The van der Waals surface area contributed by atoms with Crippen molar-refractivity contribution >= 4 is 5.91 Å². The number of nitrogens with zero attached hydrogens (tertiary/aromatic N) is 3. The number of hydrogen-bond acceptors (Lipinski definition) is 3. The Morgan fingerprint density at radius 2 is 2.00 bits per heavy atom. The Morgan fingerprint density at radius 3 is 2.70 bits per heavy atom. The van der Waals surface area contributed by atoms with Gasteiger partial charge in [0, 0.05) is 18.9 Å². The van der Waals surface area contributed by atoms with Gasteiger partial charge < -0.3 is 5.32 Å². The van der Waals surface area contributed by atoms with E-state index in [0.29, 0.717) is 23.5 Å². The lowest BCUT2D eigenvalue weighted by Crippen LogP contribution is -2.23. The van der Waals surface area contributed by atoms with Gasteiger partial charge in [0.25, 0.3) is 5.91 Å². The molecule has 23 heavy (non-hydrogen) atoms. The quantitative estimate of drug-likeness (QED) is 0.806. The van der Waals surface area contributed by atoms with Crippen LogP contribution in [-0.4, -0.2) is 20.7 Å². The highest BCUT2D eigenvalue weighted by molar-refractivity contribution is 5.95. The maximum atomic E-state index is 13.0. The van der Waals surface area contributed by atoms with Gasteiger partial charge in [0.15, 0.2) is 0 Å². The van der Waals surface area contributed by atoms with Gasteiger partial charge in [-0.3, -0.25) is 9.78 Å². The molecule has 1 amide bonds. The maximum absolute atomic E-state index is 13.0. The van der Waals surface area contributed by atoms with E-state index in [2.05, 4.69) is 15.4 Å². The number of nitrogens with one attached hydrogen (secondary N) is 1. The Kier molecular flexibility index (Phi) is 4.14. The van der Waals surface area contributed by atoms with E-state index in [-0.39, 0.29) is 11.7 Å². The predicted molar refractivity (Wildman–Crippen MR) is 83.7 cm³/mol. The number of amides is 1. The van der Waals surface area contributed by atoms with Crippen LogP contribution in [0.3, 0.4) is 0 Å². The van der Waals surface area contributed by atoms with Crippen LogP contribution in [0.2, 0.25) is 0 Å². The van der Waals surface area contributed by atoms with Crippen LogP contribution in [0.15, 0.2) is 55.0 Å². The molecule has 3 rings (SSSR count). The van der Waals surface area contributed by atoms with Crippen LogP contribution in [-0.2, 0) is 6.54 Å². The fourth-order valence-electron chi connectivity index (χ4n) is 2.26. The molecule has 2 aromatic heterocycles. The van der Waals surface area contributed by atoms with E-state index in [1.807, 2.05) is 12.1 Å². The fraction of sp³-hybridized carbons (Fsp3) is 0.118. The zero-order valence-corrected chi connectivity index (χ0v) is 12.5. The van der Waals surface area contributed by atoms with E-state index in [0.717, 1.165) is 5.56 Å². The lowest BCUT2D eigenvalue weighted by molar-refractivity contribution is 0.0950. The SMILES string of the molecule is Cc1c(C(=O)NCc2cccnc2)cnn1-c1ccc(F)cc1. The smallest absolute Gasteiger partial charge is 0.255 e. The summed E-state index contributed by atoms with van der Waals surface area (Å²) >= 11 is 0. The van der Waals surface area contributed by atoms with Gasteiger partial charge in [-0.2, -0.15) is 5.10 Å². The summed E-state index contributed by atoms with van der Waals surface area (Å²) in [6.07, 6.45) is 4.90. The Bertz CT molecular complexity index is 812. The number of hydrogen-bond donors (Lipinski definition) is 1. The highest BCUT2D eigenvalue weighted by atomic mass is 19.1. The normalized spacial score (nSPS) is 10.5. The van der Waals surface area contributed by atoms with Crippen molar-refractivity contribution < 1.29 is 9.18 Å². The Balaban J connectivity index is 1.76. The molecule has 0 spiro atoms. The summed E-state index contributed by atoms with van der Waals surface area (Å²) in [5.74, 6) is -0.521. The van der Waals surface area contributed by atoms with Crippen molar-refractivity contribution in [3.05, 3.63) is 77.6 Å². The molecule has 0 bridgehead atoms. The summed E-state index contributed by atoms with van der Waals surface area (Å²) in [6.45, 7) is 2.20. The van der Waals surface area contributed by atoms with E-state index in [4.69, 9.17) is 0 Å². The van der Waals surface area contributed by atoms with Crippen LogP contribution in [0.4, 0.5) is 4.39 Å². The fourth-order valence-corrected chi connectivity index (χ4v) is 2.26. The molecule has 5 nitrogen and oxygen atoms in total. The number of carbonyl (C=O) groups excluding carboxylic acids is 1. The summed E-state index contributed by atoms with van der Waals surface area (Å²) in [4.78, 5) is 16.3. The van der Waals surface area contributed by atoms with Crippen molar-refractivity contribution in [3.63, 3.8) is 0 Å². The van der Waals surface area contributed by atoms with Gasteiger partial charge in [-0.05, 0) is 42.8 Å². The van der Waals surface area contributed by atoms with Crippen molar-refractivity contribution in [3.8, 4) is 5.69 Å². The molecule has 0 saturated carbocycles. The maximum Gasteiger partial charge on any atom is 0.255 e. The summed E-state index contributed by atoms with van der Waals surface area (Å²) in [5.41, 5.74) is 2.80. The molecule has 0 aliphatic rings. The minimum Gasteiger partial charge on any atom is -0.348 e. The van der Waals surface area contributed by atoms with Gasteiger partial charge >= 0.3 is 0 Å². The summed E-state index contributed by atoms with van der Waals surface area (Å²) in [6, 6.07) is 9.66. The van der Waals surface area contributed by atoms with E-state index < -0.39 is 0 Å². The first-order chi connectivity index (χ1) is 11.1. The number of rotatable bonds is 4. The monoisotopic (exact) mass is 310 g/mol. The molecule has 3 aromatic rings. The van der Waals surface area contributed by atoms with E-state index in [9.17, 15) is 9.18 Å². The zero-order chi connectivity index (χ0) is 16.2. The molecular formula is C17H15FN4O. The topological polar surface area (TPSA) is 59.8 Å². The standard InChI is InChI=1S/C17H15FN4O/c1-12-16(17(23)20-10-13-3-2-8-19-9-13)11-21-22(12)15-6-4-14(18)5-7-15/h2-9,11H,10H2,1H3,(H,20,23). The van der Waals surface area contributed by atoms with Crippen molar-refractivity contribution in [2.45, 2.75) is 13.5 Å². The van der Waals surface area contributed by atoms with E-state index in [1.54, 1.807) is 36.1 Å². The van der Waals surface area contributed by atoms with Crippen molar-refractivity contribution in [1.82, 2.24) is 20.1 Å². The molecular weight excluding hydrogens is 295 g/mol. The third-order valence-corrected chi connectivity index (χ3v) is 3.50. The molecule has 0 atom stereocenters. The molecule has 0 aliphatic heterocycles. The highest BCUT2D eigenvalue weighted by Crippen LogP contribution is 2.14. The van der Waals surface area contributed by atoms with Crippen LogP contribution in [0.5, 0.6) is 0 Å². The van der Waals surface area contributed by atoms with Gasteiger partial charge in [0.2, 0.25) is 0 Å². The molecule has 6 heteroatoms. The van der Waals surface area contributed by atoms with Crippen LogP contribution in [0, 0.1) is 12.7 Å². The van der Waals surface area contributed by atoms with Crippen LogP contribution in [0.25, 0.3) is 5.69 Å². The average Bonchev–Trinajstić information content (AvgIpc) is 2.96. The lowest BCUT2D eigenvalue weighted by Gasteiger charge is -2.06. The number of halogens is 1. The number of pyridine rings is 1. The second-order valence-corrected chi connectivity index (χ2v) is 5.08. The second kappa shape index (κ2) is 6.39. The van der Waals surface area contributed by atoms with Crippen molar-refractivity contribution in [2.24, 2.45) is 0 Å². The minimum atomic E-state index is -0.312.